The van der Waals surface area contributed by atoms with Crippen LogP contribution in [0.4, 0.5) is 5.69 Å². The number of hydrogen-bond donors (Lipinski definition) is 3. The van der Waals surface area contributed by atoms with Gasteiger partial charge in [-0.3, -0.25) is 4.99 Å². The van der Waals surface area contributed by atoms with Crippen molar-refractivity contribution in [1.82, 2.24) is 10.6 Å². The summed E-state index contributed by atoms with van der Waals surface area (Å²) < 4.78 is 0. The van der Waals surface area contributed by atoms with E-state index in [2.05, 4.69) is 46.9 Å². The molecule has 0 spiro atoms. The maximum Gasteiger partial charge on any atom is 0.191 e. The average molecular weight is 262 g/mol. The fourth-order valence-corrected chi connectivity index (χ4v) is 1.61. The van der Waals surface area contributed by atoms with E-state index in [-0.39, 0.29) is 0 Å². The molecule has 0 saturated heterocycles. The van der Waals surface area contributed by atoms with Gasteiger partial charge < -0.3 is 16.0 Å². The van der Waals surface area contributed by atoms with Gasteiger partial charge in [0.25, 0.3) is 0 Å². The maximum atomic E-state index is 4.21. The number of nitrogens with zero attached hydrogens (tertiary/aromatic N) is 1. The lowest BCUT2D eigenvalue weighted by Crippen LogP contribution is -2.42. The van der Waals surface area contributed by atoms with E-state index < -0.39 is 0 Å². The van der Waals surface area contributed by atoms with Crippen LogP contribution >= 0.6 is 0 Å². The standard InChI is InChI=1S/C15H26N4/c1-4-13(2)19-15(16-3)18-12-8-11-17-14-9-6-5-7-10-14/h5-7,9-10,13,17H,4,8,11-12H2,1-3H3,(H2,16,18,19). The minimum Gasteiger partial charge on any atom is -0.385 e. The molecule has 106 valence electrons. The lowest BCUT2D eigenvalue weighted by molar-refractivity contribution is 0.622. The van der Waals surface area contributed by atoms with E-state index in [0.29, 0.717) is 6.04 Å². The number of nitrogens with one attached hydrogen (secondary N) is 3. The first-order chi connectivity index (χ1) is 9.26. The van der Waals surface area contributed by atoms with Crippen LogP contribution in [0.15, 0.2) is 35.3 Å². The van der Waals surface area contributed by atoms with E-state index in [0.717, 1.165) is 31.9 Å². The zero-order valence-electron chi connectivity index (χ0n) is 12.2. The normalized spacial score (nSPS) is 12.9. The second-order valence-electron chi connectivity index (χ2n) is 4.60. The third kappa shape index (κ3) is 6.70. The molecule has 19 heavy (non-hydrogen) atoms. The molecule has 1 unspecified atom stereocenters. The smallest absolute Gasteiger partial charge is 0.191 e. The Balaban J connectivity index is 2.13. The highest BCUT2D eigenvalue weighted by molar-refractivity contribution is 5.79. The van der Waals surface area contributed by atoms with Gasteiger partial charge in [0.15, 0.2) is 5.96 Å². The molecule has 0 amide bonds. The Morgan fingerprint density at radius 2 is 1.95 bits per heavy atom. The van der Waals surface area contributed by atoms with Gasteiger partial charge in [-0.2, -0.15) is 0 Å². The van der Waals surface area contributed by atoms with Crippen LogP contribution in [0.25, 0.3) is 0 Å². The van der Waals surface area contributed by atoms with Crippen LogP contribution in [0.5, 0.6) is 0 Å². The Kier molecular flexibility index (Phi) is 7.47. The summed E-state index contributed by atoms with van der Waals surface area (Å²) in [7, 11) is 1.81. The van der Waals surface area contributed by atoms with Crippen LogP contribution in [-0.2, 0) is 0 Å². The molecular weight excluding hydrogens is 236 g/mol. The molecule has 4 nitrogen and oxygen atoms in total. The van der Waals surface area contributed by atoms with Gasteiger partial charge in [-0.15, -0.1) is 0 Å². The number of hydrogen-bond acceptors (Lipinski definition) is 2. The SMILES string of the molecule is CCC(C)NC(=NC)NCCCNc1ccccc1. The van der Waals surface area contributed by atoms with Crippen LogP contribution in [-0.4, -0.2) is 32.1 Å². The van der Waals surface area contributed by atoms with Crippen molar-refractivity contribution >= 4 is 11.6 Å². The highest BCUT2D eigenvalue weighted by Gasteiger charge is 2.01. The molecule has 0 aliphatic rings. The predicted octanol–water partition coefficient (Wildman–Crippen LogP) is 2.45. The van der Waals surface area contributed by atoms with Crippen molar-refractivity contribution < 1.29 is 0 Å². The number of rotatable bonds is 7. The predicted molar refractivity (Wildman–Crippen MR) is 83.8 cm³/mol. The summed E-state index contributed by atoms with van der Waals surface area (Å²) in [5.41, 5.74) is 1.17. The van der Waals surface area contributed by atoms with Gasteiger partial charge in [0.05, 0.1) is 0 Å². The van der Waals surface area contributed by atoms with Gasteiger partial charge in [0, 0.05) is 31.9 Å². The first-order valence-corrected chi connectivity index (χ1v) is 7.02. The third-order valence-corrected chi connectivity index (χ3v) is 2.97. The molecule has 1 atom stereocenters. The molecule has 1 aromatic carbocycles. The zero-order valence-corrected chi connectivity index (χ0v) is 12.2. The Morgan fingerprint density at radius 1 is 1.21 bits per heavy atom. The molecule has 0 aliphatic carbocycles. The van der Waals surface area contributed by atoms with Gasteiger partial charge in [-0.1, -0.05) is 25.1 Å². The molecule has 4 heteroatoms. The lowest BCUT2D eigenvalue weighted by Gasteiger charge is -2.16. The number of aliphatic imine (C=N–C) groups is 1. The summed E-state index contributed by atoms with van der Waals surface area (Å²) in [6.45, 7) is 6.19. The number of anilines is 1. The largest absolute Gasteiger partial charge is 0.385 e. The van der Waals surface area contributed by atoms with Crippen LogP contribution in [0.2, 0.25) is 0 Å². The van der Waals surface area contributed by atoms with Crippen molar-refractivity contribution in [3.8, 4) is 0 Å². The van der Waals surface area contributed by atoms with E-state index in [9.17, 15) is 0 Å². The molecule has 3 N–H and O–H groups in total. The second-order valence-corrected chi connectivity index (χ2v) is 4.60. The summed E-state index contributed by atoms with van der Waals surface area (Å²) in [4.78, 5) is 4.21. The molecule has 0 aromatic heterocycles. The molecule has 0 saturated carbocycles. The highest BCUT2D eigenvalue weighted by Crippen LogP contribution is 2.03. The van der Waals surface area contributed by atoms with Crippen LogP contribution < -0.4 is 16.0 Å². The number of para-hydroxylation sites is 1. The minimum atomic E-state index is 0.452. The average Bonchev–Trinajstić information content (AvgIpc) is 2.46. The molecule has 1 rings (SSSR count). The molecule has 0 radical (unpaired) electrons. The van der Waals surface area contributed by atoms with E-state index in [4.69, 9.17) is 0 Å². The fourth-order valence-electron chi connectivity index (χ4n) is 1.61. The first-order valence-electron chi connectivity index (χ1n) is 7.02. The third-order valence-electron chi connectivity index (χ3n) is 2.97. The fraction of sp³-hybridized carbons (Fsp3) is 0.533. The van der Waals surface area contributed by atoms with Crippen molar-refractivity contribution in [2.45, 2.75) is 32.7 Å². The quantitative estimate of drug-likeness (QED) is 0.402. The highest BCUT2D eigenvalue weighted by atomic mass is 15.2. The van der Waals surface area contributed by atoms with Crippen molar-refractivity contribution in [2.75, 3.05) is 25.5 Å². The summed E-state index contributed by atoms with van der Waals surface area (Å²) in [6, 6.07) is 10.7. The molecule has 0 bridgehead atoms. The van der Waals surface area contributed by atoms with Crippen molar-refractivity contribution in [2.24, 2.45) is 4.99 Å². The Hall–Kier alpha value is -1.71. The molecular formula is C15H26N4. The number of benzene rings is 1. The van der Waals surface area contributed by atoms with Gasteiger partial charge in [0.1, 0.15) is 0 Å². The molecule has 0 fully saturated rings. The maximum absolute atomic E-state index is 4.21. The summed E-state index contributed by atoms with van der Waals surface area (Å²) in [5, 5.41) is 10.1. The molecule has 0 heterocycles. The van der Waals surface area contributed by atoms with E-state index in [1.807, 2.05) is 18.2 Å². The van der Waals surface area contributed by atoms with Crippen LogP contribution in [0, 0.1) is 0 Å². The van der Waals surface area contributed by atoms with Gasteiger partial charge in [0.2, 0.25) is 0 Å². The van der Waals surface area contributed by atoms with E-state index >= 15 is 0 Å². The minimum absolute atomic E-state index is 0.452. The van der Waals surface area contributed by atoms with Gasteiger partial charge in [-0.25, -0.2) is 0 Å². The summed E-state index contributed by atoms with van der Waals surface area (Å²) >= 11 is 0. The van der Waals surface area contributed by atoms with Gasteiger partial charge >= 0.3 is 0 Å². The van der Waals surface area contributed by atoms with Crippen molar-refractivity contribution in [1.29, 1.82) is 0 Å². The van der Waals surface area contributed by atoms with E-state index in [1.54, 1.807) is 7.05 Å². The Labute approximate surface area is 116 Å². The first kappa shape index (κ1) is 15.3. The zero-order chi connectivity index (χ0) is 13.9. The number of guanidine groups is 1. The van der Waals surface area contributed by atoms with Crippen molar-refractivity contribution in [3.63, 3.8) is 0 Å². The topological polar surface area (TPSA) is 48.5 Å². The van der Waals surface area contributed by atoms with E-state index in [1.165, 1.54) is 5.69 Å². The molecule has 0 aliphatic heterocycles. The Morgan fingerprint density at radius 3 is 2.58 bits per heavy atom. The van der Waals surface area contributed by atoms with Crippen molar-refractivity contribution in [3.05, 3.63) is 30.3 Å². The summed E-state index contributed by atoms with van der Waals surface area (Å²) in [5.74, 6) is 0.883. The lowest BCUT2D eigenvalue weighted by atomic mass is 10.3. The second kappa shape index (κ2) is 9.25. The Bertz CT molecular complexity index is 362. The monoisotopic (exact) mass is 262 g/mol. The molecule has 1 aromatic rings. The van der Waals surface area contributed by atoms with Crippen LogP contribution in [0.3, 0.4) is 0 Å². The summed E-state index contributed by atoms with van der Waals surface area (Å²) in [6.07, 6.45) is 2.15. The van der Waals surface area contributed by atoms with Gasteiger partial charge in [-0.05, 0) is 31.9 Å². The van der Waals surface area contributed by atoms with Crippen LogP contribution in [0.1, 0.15) is 26.7 Å².